The number of imide groups is 1. The number of hydrogen-bond donors (Lipinski definition) is 3. The normalized spacial score (nSPS) is 26.4. The van der Waals surface area contributed by atoms with Gasteiger partial charge in [0.2, 0.25) is 11.8 Å². The number of ether oxygens (including phenoxy) is 1. The second kappa shape index (κ2) is 17.9. The number of nitrogens with two attached hydrogens (primary N) is 1. The minimum atomic E-state index is -2.98. The summed E-state index contributed by atoms with van der Waals surface area (Å²) in [6.45, 7) is 8.45. The van der Waals surface area contributed by atoms with Gasteiger partial charge in [-0.2, -0.15) is 5.10 Å². The van der Waals surface area contributed by atoms with Gasteiger partial charge in [0.15, 0.2) is 5.65 Å². The van der Waals surface area contributed by atoms with Crippen molar-refractivity contribution in [3.8, 4) is 0 Å². The van der Waals surface area contributed by atoms with Crippen LogP contribution in [0.25, 0.3) is 16.7 Å². The topological polar surface area (TPSA) is 190 Å². The molecule has 0 spiro atoms. The van der Waals surface area contributed by atoms with Crippen LogP contribution in [0.3, 0.4) is 0 Å². The minimum absolute atomic E-state index is 0.0712. The van der Waals surface area contributed by atoms with Gasteiger partial charge in [-0.1, -0.05) is 12.1 Å². The number of halogens is 2. The number of carbonyl (C=O) groups excluding carboxylic acids is 3. The number of nitrogens with one attached hydrogen (secondary N) is 2. The fourth-order valence-corrected chi connectivity index (χ4v) is 10.3. The van der Waals surface area contributed by atoms with Crippen LogP contribution in [0.2, 0.25) is 0 Å². The number of para-hydroxylation sites is 1. The minimum Gasteiger partial charge on any atom is -0.396 e. The molecule has 7 heterocycles. The number of nitrogens with zero attached hydrogens (tertiary/aromatic N) is 9. The molecular weight excluding hydrogens is 815 g/mol. The highest BCUT2D eigenvalue weighted by Crippen LogP contribution is 2.33. The lowest BCUT2D eigenvalue weighted by Gasteiger charge is -2.42. The standard InChI is InChI=1S/C44H56F2N12O5/c1-26-22-54(15-4-6-28-5-3-7-34-39(28)53(2)44(62)58(34)35-12-13-37(59)52-43(35)61)17-18-55(26)23-27-8-10-29(11-9-27)48-21-33(38(47)40(45)46)50-42(60)32-20-49-57-16-14-36(51-41(32)57)56-24-31-19-30(56)25-63-31/h3,5,7,14,16,20-21,26-27,29-31,35,40H,4,6,8-13,15,17-19,22-25,47H2,1-2H3,(H,50,60)(H,52,59,61)/b38-33+,48-21?/t26-,27?,29?,30-,31-,35?/m1/s1. The van der Waals surface area contributed by atoms with Gasteiger partial charge in [-0.15, -0.1) is 0 Å². The lowest BCUT2D eigenvalue weighted by atomic mass is 9.85. The summed E-state index contributed by atoms with van der Waals surface area (Å²) in [7, 11) is 1.74. The lowest BCUT2D eigenvalue weighted by Crippen LogP contribution is -2.53. The number of fused-ring (bicyclic) bond motifs is 4. The molecule has 1 saturated carbocycles. The summed E-state index contributed by atoms with van der Waals surface area (Å²) in [5.74, 6) is -0.176. The van der Waals surface area contributed by atoms with Crippen molar-refractivity contribution in [2.45, 2.75) is 101 Å². The van der Waals surface area contributed by atoms with Crippen LogP contribution >= 0.6 is 0 Å². The number of anilines is 1. The van der Waals surface area contributed by atoms with Crippen molar-refractivity contribution in [3.05, 3.63) is 69.7 Å². The van der Waals surface area contributed by atoms with Crippen LogP contribution in [0.1, 0.15) is 80.3 Å². The molecule has 9 rings (SSSR count). The van der Waals surface area contributed by atoms with E-state index < -0.39 is 30.0 Å². The number of carbonyl (C=O) groups is 3. The van der Waals surface area contributed by atoms with Gasteiger partial charge in [0.25, 0.3) is 12.3 Å². The van der Waals surface area contributed by atoms with E-state index in [1.165, 1.54) is 21.5 Å². The first-order chi connectivity index (χ1) is 30.4. The molecule has 4 N–H and O–H groups in total. The summed E-state index contributed by atoms with van der Waals surface area (Å²) < 4.78 is 38.2. The maximum atomic E-state index is 13.9. The molecule has 4 atom stereocenters. The smallest absolute Gasteiger partial charge is 0.329 e. The number of aromatic nitrogens is 5. The first-order valence-corrected chi connectivity index (χ1v) is 22.3. The summed E-state index contributed by atoms with van der Waals surface area (Å²) in [5.41, 5.74) is 7.66. The van der Waals surface area contributed by atoms with Crippen molar-refractivity contribution in [3.63, 3.8) is 0 Å². The van der Waals surface area contributed by atoms with Crippen LogP contribution in [0.4, 0.5) is 14.6 Å². The number of alkyl halides is 2. The van der Waals surface area contributed by atoms with Gasteiger partial charge in [-0.25, -0.2) is 23.1 Å². The third-order valence-corrected chi connectivity index (χ3v) is 13.8. The molecule has 4 aromatic rings. The molecule has 0 radical (unpaired) electrons. The van der Waals surface area contributed by atoms with Crippen molar-refractivity contribution in [1.82, 2.24) is 44.2 Å². The summed E-state index contributed by atoms with van der Waals surface area (Å²) >= 11 is 0. The largest absolute Gasteiger partial charge is 0.396 e. The second-order valence-corrected chi connectivity index (χ2v) is 17.9. The number of piperidine rings is 1. The molecule has 336 valence electrons. The summed E-state index contributed by atoms with van der Waals surface area (Å²) in [6.07, 6.45) is 8.29. The van der Waals surface area contributed by atoms with E-state index in [-0.39, 0.29) is 47.5 Å². The monoisotopic (exact) mass is 870 g/mol. The number of amides is 3. The van der Waals surface area contributed by atoms with Crippen molar-refractivity contribution >= 4 is 46.4 Å². The van der Waals surface area contributed by atoms with Crippen molar-refractivity contribution in [2.75, 3.05) is 50.8 Å². The molecule has 19 heteroatoms. The van der Waals surface area contributed by atoms with E-state index in [2.05, 4.69) is 48.4 Å². The fraction of sp³-hybridized carbons (Fsp3) is 0.568. The predicted octanol–water partition coefficient (Wildman–Crippen LogP) is 2.77. The van der Waals surface area contributed by atoms with Crippen LogP contribution in [-0.4, -0.2) is 134 Å². The van der Waals surface area contributed by atoms with E-state index in [1.54, 1.807) is 17.8 Å². The molecule has 5 aliphatic rings. The van der Waals surface area contributed by atoms with E-state index in [4.69, 9.17) is 15.5 Å². The molecule has 2 bridgehead atoms. The van der Waals surface area contributed by atoms with Gasteiger partial charge in [0, 0.05) is 64.6 Å². The molecule has 17 nitrogen and oxygen atoms in total. The molecule has 1 aliphatic carbocycles. The fourth-order valence-electron chi connectivity index (χ4n) is 10.3. The molecule has 1 aromatic carbocycles. The molecule has 63 heavy (non-hydrogen) atoms. The van der Waals surface area contributed by atoms with E-state index >= 15 is 0 Å². The summed E-state index contributed by atoms with van der Waals surface area (Å²) in [4.78, 5) is 67.9. The van der Waals surface area contributed by atoms with Crippen LogP contribution in [-0.2, 0) is 27.8 Å². The van der Waals surface area contributed by atoms with Crippen molar-refractivity contribution in [2.24, 2.45) is 23.7 Å². The van der Waals surface area contributed by atoms with Gasteiger partial charge < -0.3 is 25.6 Å². The van der Waals surface area contributed by atoms with E-state index in [9.17, 15) is 28.0 Å². The predicted molar refractivity (Wildman–Crippen MR) is 232 cm³/mol. The molecule has 4 aliphatic heterocycles. The average molecular weight is 871 g/mol. The SMILES string of the molecule is C[C@@H]1CN(CCCc2cccc3c2n(C)c(=O)n3C2CCC(=O)NC2=O)CCN1CC1CCC(N=C/C(NC(=O)c2cnn3ccc(N4C[C@H]5C[C@@H]4CO5)nc23)=C(\N)C(F)F)CC1. The Morgan fingerprint density at radius 1 is 1.11 bits per heavy atom. The Labute approximate surface area is 363 Å². The Bertz CT molecular complexity index is 2510. The number of allylic oxidation sites excluding steroid dienone is 2. The van der Waals surface area contributed by atoms with Crippen molar-refractivity contribution in [1.29, 1.82) is 0 Å². The quantitative estimate of drug-likeness (QED) is 0.132. The van der Waals surface area contributed by atoms with Gasteiger partial charge in [0.05, 0.1) is 47.7 Å². The summed E-state index contributed by atoms with van der Waals surface area (Å²) in [6, 6.07) is 7.54. The number of piperazine rings is 1. The number of hydrogen-bond acceptors (Lipinski definition) is 12. The zero-order chi connectivity index (χ0) is 43.9. The molecule has 3 amide bonds. The van der Waals surface area contributed by atoms with Crippen LogP contribution < -0.4 is 27.0 Å². The maximum absolute atomic E-state index is 13.9. The maximum Gasteiger partial charge on any atom is 0.329 e. The lowest BCUT2D eigenvalue weighted by molar-refractivity contribution is -0.135. The highest BCUT2D eigenvalue weighted by atomic mass is 19.3. The Balaban J connectivity index is 0.748. The number of rotatable bonds is 13. The van der Waals surface area contributed by atoms with E-state index in [0.29, 0.717) is 42.0 Å². The first-order valence-electron chi connectivity index (χ1n) is 22.3. The van der Waals surface area contributed by atoms with E-state index in [0.717, 1.165) is 95.3 Å². The Kier molecular flexibility index (Phi) is 12.2. The zero-order valence-corrected chi connectivity index (χ0v) is 35.8. The van der Waals surface area contributed by atoms with Crippen molar-refractivity contribution < 1.29 is 27.9 Å². The number of imidazole rings is 1. The van der Waals surface area contributed by atoms with Gasteiger partial charge in [-0.05, 0) is 88.4 Å². The Hall–Kier alpha value is -5.53. The van der Waals surface area contributed by atoms with Gasteiger partial charge in [0.1, 0.15) is 23.1 Å². The van der Waals surface area contributed by atoms with Crippen LogP contribution in [0.5, 0.6) is 0 Å². The summed E-state index contributed by atoms with van der Waals surface area (Å²) in [5, 5.41) is 9.22. The highest BCUT2D eigenvalue weighted by Gasteiger charge is 2.40. The Morgan fingerprint density at radius 3 is 2.67 bits per heavy atom. The molecular formula is C44H56F2N12O5. The number of aliphatic imine (C=N–C) groups is 1. The number of morpholine rings is 1. The zero-order valence-electron chi connectivity index (χ0n) is 35.8. The molecule has 3 aromatic heterocycles. The van der Waals surface area contributed by atoms with E-state index in [1.807, 2.05) is 18.2 Å². The number of benzene rings is 1. The van der Waals surface area contributed by atoms with Gasteiger partial charge in [-0.3, -0.25) is 38.7 Å². The molecule has 4 saturated heterocycles. The molecule has 1 unspecified atom stereocenters. The Morgan fingerprint density at radius 2 is 1.94 bits per heavy atom. The third kappa shape index (κ3) is 8.74. The van der Waals surface area contributed by atoms with Gasteiger partial charge >= 0.3 is 5.69 Å². The first kappa shape index (κ1) is 42.8. The third-order valence-electron chi connectivity index (χ3n) is 13.8. The second-order valence-electron chi connectivity index (χ2n) is 17.9. The highest BCUT2D eigenvalue weighted by molar-refractivity contribution is 6.03. The molecule has 5 fully saturated rings. The number of aryl methyl sites for hydroxylation is 2. The van der Waals surface area contributed by atoms with Crippen LogP contribution in [0, 0.1) is 5.92 Å². The van der Waals surface area contributed by atoms with Crippen LogP contribution in [0.15, 0.2) is 57.8 Å². The average Bonchev–Trinajstić information content (AvgIpc) is 4.07.